The predicted molar refractivity (Wildman–Crippen MR) is 78.3 cm³/mol. The van der Waals surface area contributed by atoms with E-state index in [0.29, 0.717) is 6.04 Å². The summed E-state index contributed by atoms with van der Waals surface area (Å²) in [5, 5.41) is 3.70. The molecule has 0 amide bonds. The van der Waals surface area contributed by atoms with Gasteiger partial charge in [-0.2, -0.15) is 0 Å². The fourth-order valence-electron chi connectivity index (χ4n) is 3.40. The monoisotopic (exact) mass is 259 g/mol. The van der Waals surface area contributed by atoms with Crippen LogP contribution in [-0.4, -0.2) is 19.3 Å². The second-order valence-corrected chi connectivity index (χ2v) is 6.08. The van der Waals surface area contributed by atoms with Gasteiger partial charge >= 0.3 is 0 Å². The van der Waals surface area contributed by atoms with E-state index in [1.54, 1.807) is 11.1 Å². The molecule has 2 nitrogen and oxygen atoms in total. The first-order valence-electron chi connectivity index (χ1n) is 7.75. The summed E-state index contributed by atoms with van der Waals surface area (Å²) in [7, 11) is 0. The van der Waals surface area contributed by atoms with Crippen molar-refractivity contribution in [2.75, 3.05) is 13.2 Å². The Morgan fingerprint density at radius 3 is 2.84 bits per heavy atom. The van der Waals surface area contributed by atoms with Crippen molar-refractivity contribution in [3.8, 4) is 0 Å². The van der Waals surface area contributed by atoms with Gasteiger partial charge in [0.05, 0.1) is 0 Å². The summed E-state index contributed by atoms with van der Waals surface area (Å²) in [4.78, 5) is 0. The first-order valence-corrected chi connectivity index (χ1v) is 7.75. The molecule has 19 heavy (non-hydrogen) atoms. The molecule has 1 aliphatic carbocycles. The van der Waals surface area contributed by atoms with Crippen molar-refractivity contribution in [3.63, 3.8) is 0 Å². The highest BCUT2D eigenvalue weighted by Gasteiger charge is 2.20. The molecule has 0 bridgehead atoms. The highest BCUT2D eigenvalue weighted by molar-refractivity contribution is 5.35. The summed E-state index contributed by atoms with van der Waals surface area (Å²) in [5.41, 5.74) is 4.60. The summed E-state index contributed by atoms with van der Waals surface area (Å²) >= 11 is 0. The maximum atomic E-state index is 5.44. The number of hydrogen-bond donors (Lipinski definition) is 1. The average molecular weight is 259 g/mol. The third kappa shape index (κ3) is 3.18. The van der Waals surface area contributed by atoms with E-state index in [0.717, 1.165) is 25.7 Å². The molecule has 1 unspecified atom stereocenters. The van der Waals surface area contributed by atoms with Crippen molar-refractivity contribution < 1.29 is 4.74 Å². The summed E-state index contributed by atoms with van der Waals surface area (Å²) in [6.07, 6.45) is 6.31. The molecule has 0 radical (unpaired) electrons. The fourth-order valence-corrected chi connectivity index (χ4v) is 3.40. The van der Waals surface area contributed by atoms with Crippen LogP contribution in [0.2, 0.25) is 0 Å². The molecule has 1 N–H and O–H groups in total. The normalized spacial score (nSPS) is 21.3. The van der Waals surface area contributed by atoms with Gasteiger partial charge in [-0.05, 0) is 61.6 Å². The van der Waals surface area contributed by atoms with E-state index in [4.69, 9.17) is 4.74 Å². The molecule has 1 atom stereocenters. The van der Waals surface area contributed by atoms with E-state index >= 15 is 0 Å². The van der Waals surface area contributed by atoms with Crippen LogP contribution < -0.4 is 5.32 Å². The number of aryl methyl sites for hydroxylation is 2. The van der Waals surface area contributed by atoms with Crippen LogP contribution in [0.25, 0.3) is 0 Å². The van der Waals surface area contributed by atoms with Crippen molar-refractivity contribution in [1.29, 1.82) is 0 Å². The second-order valence-electron chi connectivity index (χ2n) is 6.08. The van der Waals surface area contributed by atoms with E-state index in [1.165, 1.54) is 37.7 Å². The quantitative estimate of drug-likeness (QED) is 0.897. The summed E-state index contributed by atoms with van der Waals surface area (Å²) in [6, 6.07) is 7.63. The molecule has 1 fully saturated rings. The van der Waals surface area contributed by atoms with Crippen LogP contribution in [0.4, 0.5) is 0 Å². The van der Waals surface area contributed by atoms with Crippen LogP contribution in [0, 0.1) is 5.92 Å². The summed E-state index contributed by atoms with van der Waals surface area (Å²) in [6.45, 7) is 5.21. The van der Waals surface area contributed by atoms with Crippen LogP contribution in [0.5, 0.6) is 0 Å². The van der Waals surface area contributed by atoms with Gasteiger partial charge in [0.15, 0.2) is 0 Å². The lowest BCUT2D eigenvalue weighted by atomic mass is 9.93. The summed E-state index contributed by atoms with van der Waals surface area (Å²) in [5.74, 6) is 0.781. The van der Waals surface area contributed by atoms with Crippen molar-refractivity contribution in [2.24, 2.45) is 5.92 Å². The Balaban J connectivity index is 1.53. The highest BCUT2D eigenvalue weighted by atomic mass is 16.5. The van der Waals surface area contributed by atoms with E-state index < -0.39 is 0 Å². The Morgan fingerprint density at radius 2 is 2.00 bits per heavy atom. The van der Waals surface area contributed by atoms with Crippen molar-refractivity contribution in [1.82, 2.24) is 5.32 Å². The largest absolute Gasteiger partial charge is 0.381 e. The standard InChI is InChI=1S/C17H25NO/c1-13(15-7-9-19-10-8-15)18-12-14-5-6-16-3-2-4-17(16)11-14/h5-6,11,13,15,18H,2-4,7-10,12H2,1H3. The lowest BCUT2D eigenvalue weighted by molar-refractivity contribution is 0.0558. The van der Waals surface area contributed by atoms with Crippen molar-refractivity contribution >= 4 is 0 Å². The zero-order chi connectivity index (χ0) is 13.1. The number of nitrogens with one attached hydrogen (secondary N) is 1. The van der Waals surface area contributed by atoms with Gasteiger partial charge in [-0.1, -0.05) is 18.2 Å². The summed E-state index contributed by atoms with van der Waals surface area (Å²) < 4.78 is 5.44. The van der Waals surface area contributed by atoms with Gasteiger partial charge in [0.2, 0.25) is 0 Å². The smallest absolute Gasteiger partial charge is 0.0469 e. The van der Waals surface area contributed by atoms with E-state index in [-0.39, 0.29) is 0 Å². The molecule has 1 heterocycles. The zero-order valence-electron chi connectivity index (χ0n) is 12.0. The topological polar surface area (TPSA) is 21.3 Å². The molecule has 1 saturated heterocycles. The molecule has 2 aliphatic rings. The Hall–Kier alpha value is -0.860. The highest BCUT2D eigenvalue weighted by Crippen LogP contribution is 2.23. The Kier molecular flexibility index (Phi) is 4.19. The van der Waals surface area contributed by atoms with Gasteiger partial charge in [-0.3, -0.25) is 0 Å². The van der Waals surface area contributed by atoms with Gasteiger partial charge in [-0.15, -0.1) is 0 Å². The lowest BCUT2D eigenvalue weighted by Gasteiger charge is -2.28. The minimum Gasteiger partial charge on any atom is -0.381 e. The van der Waals surface area contributed by atoms with Gasteiger partial charge in [0.25, 0.3) is 0 Å². The first kappa shape index (κ1) is 13.1. The van der Waals surface area contributed by atoms with Gasteiger partial charge < -0.3 is 10.1 Å². The molecule has 3 rings (SSSR count). The third-order valence-electron chi connectivity index (χ3n) is 4.76. The van der Waals surface area contributed by atoms with Gasteiger partial charge in [-0.25, -0.2) is 0 Å². The van der Waals surface area contributed by atoms with E-state index in [2.05, 4.69) is 30.4 Å². The number of benzene rings is 1. The minimum absolute atomic E-state index is 0.595. The van der Waals surface area contributed by atoms with E-state index in [1.807, 2.05) is 0 Å². The molecule has 1 aromatic carbocycles. The molecule has 104 valence electrons. The number of rotatable bonds is 4. The molecule has 0 spiro atoms. The van der Waals surface area contributed by atoms with Crippen LogP contribution in [0.3, 0.4) is 0 Å². The third-order valence-corrected chi connectivity index (χ3v) is 4.76. The van der Waals surface area contributed by atoms with Crippen LogP contribution >= 0.6 is 0 Å². The zero-order valence-corrected chi connectivity index (χ0v) is 12.0. The first-order chi connectivity index (χ1) is 9.33. The molecular weight excluding hydrogens is 234 g/mol. The predicted octanol–water partition coefficient (Wildman–Crippen LogP) is 3.08. The molecule has 1 aromatic rings. The molecule has 1 aliphatic heterocycles. The maximum Gasteiger partial charge on any atom is 0.0469 e. The molecule has 0 saturated carbocycles. The number of ether oxygens (including phenoxy) is 1. The molecular formula is C17H25NO. The SMILES string of the molecule is CC(NCc1ccc2c(c1)CCC2)C1CCOCC1. The number of hydrogen-bond acceptors (Lipinski definition) is 2. The average Bonchev–Trinajstić information content (AvgIpc) is 2.93. The lowest BCUT2D eigenvalue weighted by Crippen LogP contribution is -2.36. The Labute approximate surface area is 116 Å². The van der Waals surface area contributed by atoms with Crippen LogP contribution in [0.15, 0.2) is 18.2 Å². The Bertz CT molecular complexity index is 423. The second kappa shape index (κ2) is 6.06. The maximum absolute atomic E-state index is 5.44. The minimum atomic E-state index is 0.595. The van der Waals surface area contributed by atoms with Gasteiger partial charge in [0.1, 0.15) is 0 Å². The van der Waals surface area contributed by atoms with Crippen molar-refractivity contribution in [2.45, 2.75) is 51.6 Å². The van der Waals surface area contributed by atoms with Crippen molar-refractivity contribution in [3.05, 3.63) is 34.9 Å². The van der Waals surface area contributed by atoms with Gasteiger partial charge in [0, 0.05) is 25.8 Å². The molecule has 0 aromatic heterocycles. The van der Waals surface area contributed by atoms with Crippen LogP contribution in [0.1, 0.15) is 42.9 Å². The van der Waals surface area contributed by atoms with E-state index in [9.17, 15) is 0 Å². The molecule has 2 heteroatoms. The Morgan fingerprint density at radius 1 is 1.21 bits per heavy atom. The number of fused-ring (bicyclic) bond motifs is 1. The fraction of sp³-hybridized carbons (Fsp3) is 0.647. The van der Waals surface area contributed by atoms with Crippen LogP contribution in [-0.2, 0) is 24.1 Å².